The van der Waals surface area contributed by atoms with Gasteiger partial charge in [0, 0.05) is 0 Å². The van der Waals surface area contributed by atoms with E-state index in [4.69, 9.17) is 9.15 Å². The minimum absolute atomic E-state index is 0.103. The number of ether oxygens (including phenoxy) is 1. The van der Waals surface area contributed by atoms with Crippen molar-refractivity contribution in [3.63, 3.8) is 0 Å². The molecule has 150 valence electrons. The minimum Gasteiger partial charge on any atom is -0.494 e. The fraction of sp³-hybridized carbons (Fsp3) is 0.333. The van der Waals surface area contributed by atoms with E-state index in [0.717, 1.165) is 42.6 Å². The van der Waals surface area contributed by atoms with Crippen molar-refractivity contribution < 1.29 is 13.9 Å². The zero-order valence-corrected chi connectivity index (χ0v) is 16.8. The van der Waals surface area contributed by atoms with Crippen molar-refractivity contribution in [2.75, 3.05) is 6.61 Å². The summed E-state index contributed by atoms with van der Waals surface area (Å²) in [7, 11) is 0. The molecule has 1 atom stereocenters. The first-order valence-electron chi connectivity index (χ1n) is 10.3. The minimum atomic E-state index is -0.539. The van der Waals surface area contributed by atoms with Crippen LogP contribution in [0, 0.1) is 0 Å². The van der Waals surface area contributed by atoms with Gasteiger partial charge in [-0.05, 0) is 48.2 Å². The Labute approximate surface area is 169 Å². The molecule has 1 amide bonds. The van der Waals surface area contributed by atoms with Crippen LogP contribution in [0.3, 0.4) is 0 Å². The van der Waals surface area contributed by atoms with Gasteiger partial charge in [0.05, 0.1) is 23.6 Å². The zero-order valence-electron chi connectivity index (χ0n) is 16.8. The molecule has 29 heavy (non-hydrogen) atoms. The Morgan fingerprint density at radius 1 is 1.07 bits per heavy atom. The van der Waals surface area contributed by atoms with E-state index in [1.54, 1.807) is 6.07 Å². The van der Waals surface area contributed by atoms with E-state index in [9.17, 15) is 9.59 Å². The molecule has 5 nitrogen and oxygen atoms in total. The van der Waals surface area contributed by atoms with Crippen LogP contribution < -0.4 is 15.5 Å². The Morgan fingerprint density at radius 3 is 2.72 bits per heavy atom. The van der Waals surface area contributed by atoms with Crippen LogP contribution in [0.5, 0.6) is 5.75 Å². The van der Waals surface area contributed by atoms with E-state index in [0.29, 0.717) is 23.1 Å². The van der Waals surface area contributed by atoms with Gasteiger partial charge in [-0.1, -0.05) is 44.9 Å². The van der Waals surface area contributed by atoms with Crippen LogP contribution in [0.25, 0.3) is 11.0 Å². The smallest absolute Gasteiger partial charge is 0.288 e. The summed E-state index contributed by atoms with van der Waals surface area (Å²) >= 11 is 0. The van der Waals surface area contributed by atoms with Crippen molar-refractivity contribution in [3.8, 4) is 5.75 Å². The van der Waals surface area contributed by atoms with Crippen molar-refractivity contribution in [3.05, 3.63) is 75.1 Å². The summed E-state index contributed by atoms with van der Waals surface area (Å²) in [5.41, 5.74) is 2.52. The number of amides is 1. The Bertz CT molecular complexity index is 1120. The number of benzene rings is 2. The summed E-state index contributed by atoms with van der Waals surface area (Å²) in [6.45, 7) is 4.84. The van der Waals surface area contributed by atoms with Crippen molar-refractivity contribution in [1.82, 2.24) is 5.32 Å². The highest BCUT2D eigenvalue weighted by molar-refractivity contribution is 5.99. The molecule has 0 spiro atoms. The number of fused-ring (bicyclic) bond motifs is 2. The quantitative estimate of drug-likeness (QED) is 0.590. The molecule has 0 radical (unpaired) electrons. The number of carbonyl (C=O) groups is 1. The molecule has 2 heterocycles. The molecular formula is C24H25NO4. The van der Waals surface area contributed by atoms with Crippen LogP contribution in [-0.4, -0.2) is 12.5 Å². The first-order chi connectivity index (χ1) is 14.1. The van der Waals surface area contributed by atoms with E-state index in [2.05, 4.69) is 12.2 Å². The van der Waals surface area contributed by atoms with Crippen LogP contribution in [0.15, 0.2) is 51.7 Å². The van der Waals surface area contributed by atoms with Crippen LogP contribution in [0.1, 0.15) is 66.4 Å². The predicted molar refractivity (Wildman–Crippen MR) is 113 cm³/mol. The molecule has 0 saturated carbocycles. The molecule has 0 fully saturated rings. The second-order valence-electron chi connectivity index (χ2n) is 7.39. The average Bonchev–Trinajstić information content (AvgIpc) is 3.08. The van der Waals surface area contributed by atoms with Crippen molar-refractivity contribution in [1.29, 1.82) is 0 Å². The SMILES string of the molecule is CCCCCOc1cccc(C2NC(=O)c3oc4ccc(CC)cc4c(=O)c32)c1. The lowest BCUT2D eigenvalue weighted by Gasteiger charge is -2.14. The largest absolute Gasteiger partial charge is 0.494 e. The lowest BCUT2D eigenvalue weighted by molar-refractivity contribution is 0.0938. The lowest BCUT2D eigenvalue weighted by Crippen LogP contribution is -2.22. The van der Waals surface area contributed by atoms with Gasteiger partial charge in [-0.15, -0.1) is 0 Å². The molecule has 5 heteroatoms. The summed E-state index contributed by atoms with van der Waals surface area (Å²) in [4.78, 5) is 25.8. The molecule has 2 aromatic carbocycles. The van der Waals surface area contributed by atoms with E-state index in [1.807, 2.05) is 43.3 Å². The van der Waals surface area contributed by atoms with Gasteiger partial charge in [0.15, 0.2) is 5.43 Å². The summed E-state index contributed by atoms with van der Waals surface area (Å²) in [6, 6.07) is 12.6. The molecule has 1 N–H and O–H groups in total. The van der Waals surface area contributed by atoms with E-state index < -0.39 is 6.04 Å². The molecule has 0 saturated heterocycles. The second-order valence-corrected chi connectivity index (χ2v) is 7.39. The number of rotatable bonds is 7. The summed E-state index contributed by atoms with van der Waals surface area (Å²) in [5, 5.41) is 3.41. The predicted octanol–water partition coefficient (Wildman–Crippen LogP) is 4.76. The van der Waals surface area contributed by atoms with Crippen molar-refractivity contribution in [2.45, 2.75) is 45.6 Å². The standard InChI is InChI=1S/C24H25NO4/c1-3-5-6-12-28-17-9-7-8-16(14-17)21-20-22(26)18-13-15(4-2)10-11-19(18)29-23(20)24(27)25-21/h7-11,13-14,21H,3-6,12H2,1-2H3,(H,25,27). The van der Waals surface area contributed by atoms with Gasteiger partial charge in [-0.25, -0.2) is 0 Å². The van der Waals surface area contributed by atoms with Gasteiger partial charge in [0.2, 0.25) is 5.76 Å². The van der Waals surface area contributed by atoms with Crippen LogP contribution in [0.2, 0.25) is 0 Å². The van der Waals surface area contributed by atoms with Gasteiger partial charge < -0.3 is 14.5 Å². The van der Waals surface area contributed by atoms with Gasteiger partial charge in [0.25, 0.3) is 5.91 Å². The maximum absolute atomic E-state index is 13.3. The van der Waals surface area contributed by atoms with E-state index in [-0.39, 0.29) is 17.1 Å². The second kappa shape index (κ2) is 8.11. The molecule has 4 rings (SSSR count). The molecule has 1 aliphatic rings. The molecule has 1 unspecified atom stereocenters. The third kappa shape index (κ3) is 3.65. The molecule has 0 aliphatic carbocycles. The summed E-state index contributed by atoms with van der Waals surface area (Å²) in [6.07, 6.45) is 4.08. The highest BCUT2D eigenvalue weighted by atomic mass is 16.5. The third-order valence-electron chi connectivity index (χ3n) is 5.38. The third-order valence-corrected chi connectivity index (χ3v) is 5.38. The van der Waals surface area contributed by atoms with Crippen molar-refractivity contribution in [2.24, 2.45) is 0 Å². The fourth-order valence-corrected chi connectivity index (χ4v) is 3.75. The molecular weight excluding hydrogens is 366 g/mol. The number of carbonyl (C=O) groups excluding carboxylic acids is 1. The van der Waals surface area contributed by atoms with Crippen molar-refractivity contribution >= 4 is 16.9 Å². The summed E-state index contributed by atoms with van der Waals surface area (Å²) < 4.78 is 11.7. The molecule has 0 bridgehead atoms. The summed E-state index contributed by atoms with van der Waals surface area (Å²) in [5.74, 6) is 0.476. The Balaban J connectivity index is 1.73. The molecule has 1 aromatic heterocycles. The maximum atomic E-state index is 13.3. The maximum Gasteiger partial charge on any atom is 0.288 e. The highest BCUT2D eigenvalue weighted by Gasteiger charge is 2.36. The van der Waals surface area contributed by atoms with Gasteiger partial charge in [0.1, 0.15) is 11.3 Å². The number of hydrogen-bond donors (Lipinski definition) is 1. The van der Waals surface area contributed by atoms with Crippen LogP contribution in [0.4, 0.5) is 0 Å². The fourth-order valence-electron chi connectivity index (χ4n) is 3.75. The van der Waals surface area contributed by atoms with E-state index >= 15 is 0 Å². The number of aryl methyl sites for hydroxylation is 1. The van der Waals surface area contributed by atoms with Crippen LogP contribution >= 0.6 is 0 Å². The number of hydrogen-bond acceptors (Lipinski definition) is 4. The van der Waals surface area contributed by atoms with Gasteiger partial charge in [-0.2, -0.15) is 0 Å². The number of nitrogens with one attached hydrogen (secondary N) is 1. The van der Waals surface area contributed by atoms with Crippen LogP contribution in [-0.2, 0) is 6.42 Å². The van der Waals surface area contributed by atoms with Gasteiger partial charge in [-0.3, -0.25) is 9.59 Å². The monoisotopic (exact) mass is 391 g/mol. The molecule has 1 aliphatic heterocycles. The zero-order chi connectivity index (χ0) is 20.4. The first-order valence-corrected chi connectivity index (χ1v) is 10.3. The van der Waals surface area contributed by atoms with E-state index in [1.165, 1.54) is 0 Å². The Hall–Kier alpha value is -3.08. The topological polar surface area (TPSA) is 68.5 Å². The average molecular weight is 391 g/mol. The van der Waals surface area contributed by atoms with Gasteiger partial charge >= 0.3 is 0 Å². The highest BCUT2D eigenvalue weighted by Crippen LogP contribution is 2.32. The number of unbranched alkanes of at least 4 members (excludes halogenated alkanes) is 2. The lowest BCUT2D eigenvalue weighted by atomic mass is 9.98. The normalized spacial score (nSPS) is 15.4. The first kappa shape index (κ1) is 19.2. The molecule has 3 aromatic rings. The Kier molecular flexibility index (Phi) is 5.38. The Morgan fingerprint density at radius 2 is 1.93 bits per heavy atom.